The molecule has 0 aliphatic heterocycles. The summed E-state index contributed by atoms with van der Waals surface area (Å²) in [7, 11) is 0. The number of benzene rings is 4. The van der Waals surface area contributed by atoms with Gasteiger partial charge in [-0.2, -0.15) is 0 Å². The van der Waals surface area contributed by atoms with Gasteiger partial charge in [0.05, 0.1) is 13.2 Å². The van der Waals surface area contributed by atoms with Crippen molar-refractivity contribution in [2.75, 3.05) is 13.2 Å². The Bertz CT molecular complexity index is 1500. The van der Waals surface area contributed by atoms with Gasteiger partial charge in [-0.15, -0.1) is 0 Å². The number of rotatable bonds is 14. The van der Waals surface area contributed by atoms with Gasteiger partial charge < -0.3 is 14.2 Å². The third kappa shape index (κ3) is 8.31. The molecule has 0 saturated heterocycles. The lowest BCUT2D eigenvalue weighted by molar-refractivity contribution is -0.139. The predicted molar refractivity (Wildman–Crippen MR) is 168 cm³/mol. The van der Waals surface area contributed by atoms with E-state index in [-0.39, 0.29) is 12.6 Å². The van der Waals surface area contributed by atoms with Crippen molar-refractivity contribution in [3.05, 3.63) is 127 Å². The summed E-state index contributed by atoms with van der Waals surface area (Å²) >= 11 is 0. The number of hydrogen-bond donors (Lipinski definition) is 0. The van der Waals surface area contributed by atoms with Crippen LogP contribution in [0.1, 0.15) is 30.9 Å². The zero-order valence-corrected chi connectivity index (χ0v) is 24.0. The molecule has 0 aromatic heterocycles. The Morgan fingerprint density at radius 2 is 1.19 bits per heavy atom. The van der Waals surface area contributed by atoms with Crippen molar-refractivity contribution in [2.45, 2.75) is 32.8 Å². The van der Waals surface area contributed by atoms with E-state index in [0.29, 0.717) is 13.2 Å². The predicted octanol–water partition coefficient (Wildman–Crippen LogP) is 8.37. The van der Waals surface area contributed by atoms with E-state index in [4.69, 9.17) is 14.2 Å². The molecule has 214 valence electrons. The van der Waals surface area contributed by atoms with Crippen LogP contribution in [0.25, 0.3) is 33.4 Å². The van der Waals surface area contributed by atoms with Gasteiger partial charge in [0, 0.05) is 12.2 Å². The third-order valence-electron chi connectivity index (χ3n) is 6.78. The van der Waals surface area contributed by atoms with Crippen LogP contribution in [0.15, 0.2) is 116 Å². The van der Waals surface area contributed by atoms with Crippen LogP contribution in [0.4, 0.5) is 0 Å². The van der Waals surface area contributed by atoms with Crippen molar-refractivity contribution >= 4 is 11.9 Å². The monoisotopic (exact) mass is 560 g/mol. The Labute approximate surface area is 248 Å². The Hall–Kier alpha value is -4.90. The van der Waals surface area contributed by atoms with Crippen molar-refractivity contribution in [3.8, 4) is 39.1 Å². The Morgan fingerprint density at radius 1 is 0.643 bits per heavy atom. The van der Waals surface area contributed by atoms with Gasteiger partial charge in [0.15, 0.2) is 0 Å². The molecule has 5 nitrogen and oxygen atoms in total. The van der Waals surface area contributed by atoms with E-state index in [1.165, 1.54) is 11.6 Å². The normalized spacial score (nSPS) is 10.5. The largest absolute Gasteiger partial charge is 0.494 e. The highest BCUT2D eigenvalue weighted by atomic mass is 16.5. The summed E-state index contributed by atoms with van der Waals surface area (Å²) in [4.78, 5) is 22.6. The van der Waals surface area contributed by atoms with Gasteiger partial charge in [0.25, 0.3) is 0 Å². The van der Waals surface area contributed by atoms with Crippen LogP contribution < -0.4 is 4.74 Å². The third-order valence-corrected chi connectivity index (χ3v) is 6.78. The summed E-state index contributed by atoms with van der Waals surface area (Å²) in [5.74, 6) is 0.0115. The lowest BCUT2D eigenvalue weighted by Crippen LogP contribution is -2.02. The molecule has 0 atom stereocenters. The van der Waals surface area contributed by atoms with Crippen LogP contribution in [0.3, 0.4) is 0 Å². The molecule has 0 radical (unpaired) electrons. The fourth-order valence-corrected chi connectivity index (χ4v) is 4.53. The van der Waals surface area contributed by atoms with E-state index in [1.807, 2.05) is 30.3 Å². The minimum atomic E-state index is -0.438. The highest BCUT2D eigenvalue weighted by Crippen LogP contribution is 2.36. The average molecular weight is 561 g/mol. The molecule has 42 heavy (non-hydrogen) atoms. The van der Waals surface area contributed by atoms with Crippen molar-refractivity contribution in [1.82, 2.24) is 0 Å². The van der Waals surface area contributed by atoms with Crippen LogP contribution in [-0.4, -0.2) is 25.2 Å². The number of aryl methyl sites for hydroxylation is 1. The summed E-state index contributed by atoms with van der Waals surface area (Å²) in [6.07, 6.45) is 4.89. The molecule has 4 rings (SSSR count). The van der Waals surface area contributed by atoms with Crippen LogP contribution in [-0.2, 0) is 32.1 Å². The maximum absolute atomic E-state index is 11.4. The van der Waals surface area contributed by atoms with Gasteiger partial charge in [-0.1, -0.05) is 98.9 Å². The molecule has 0 aliphatic carbocycles. The van der Waals surface area contributed by atoms with E-state index in [2.05, 4.69) is 80.7 Å². The van der Waals surface area contributed by atoms with Gasteiger partial charge in [-0.05, 0) is 75.9 Å². The van der Waals surface area contributed by atoms with E-state index in [1.54, 1.807) is 0 Å². The minimum Gasteiger partial charge on any atom is -0.494 e. The highest BCUT2D eigenvalue weighted by molar-refractivity contribution is 5.85. The zero-order chi connectivity index (χ0) is 29.7. The van der Waals surface area contributed by atoms with Crippen molar-refractivity contribution in [3.63, 3.8) is 0 Å². The molecule has 0 aliphatic rings. The molecule has 0 fully saturated rings. The fraction of sp³-hybridized carbons (Fsp3) is 0.189. The highest BCUT2D eigenvalue weighted by Gasteiger charge is 2.11. The molecule has 0 heterocycles. The first-order chi connectivity index (χ1) is 20.5. The van der Waals surface area contributed by atoms with E-state index in [9.17, 15) is 9.59 Å². The topological polar surface area (TPSA) is 61.8 Å². The lowest BCUT2D eigenvalue weighted by Gasteiger charge is -2.14. The summed E-state index contributed by atoms with van der Waals surface area (Å²) in [6.45, 7) is 10.2. The molecule has 0 amide bonds. The van der Waals surface area contributed by atoms with Crippen molar-refractivity contribution in [2.24, 2.45) is 0 Å². The standard InChI is InChI=1S/C37H36O5/c1-4-23-40-33-21-22-34(31-15-11-28(12-16-31)26-42-37(39)6-3)35(25-33)32-19-17-30(18-20-32)29-13-9-27(10-14-29)8-7-24-41-36(38)5-2/h5-6,9-22,25H,2-4,7-8,23-24,26H2,1H3. The van der Waals surface area contributed by atoms with Crippen molar-refractivity contribution < 1.29 is 23.8 Å². The SMILES string of the molecule is C=CC(=O)OCCCc1ccc(-c2ccc(-c3cc(OCCC)ccc3-c3ccc(COC(=O)C=C)cc3)cc2)cc1. The molecule has 5 heteroatoms. The Balaban J connectivity index is 1.52. The van der Waals surface area contributed by atoms with E-state index >= 15 is 0 Å². The van der Waals surface area contributed by atoms with Gasteiger partial charge in [-0.3, -0.25) is 0 Å². The lowest BCUT2D eigenvalue weighted by atomic mass is 9.92. The molecule has 4 aromatic carbocycles. The van der Waals surface area contributed by atoms with E-state index < -0.39 is 5.97 Å². The van der Waals surface area contributed by atoms with Crippen LogP contribution in [0.5, 0.6) is 5.75 Å². The molecular formula is C37H36O5. The van der Waals surface area contributed by atoms with Crippen LogP contribution in [0.2, 0.25) is 0 Å². The van der Waals surface area contributed by atoms with Gasteiger partial charge in [-0.25, -0.2) is 9.59 Å². The minimum absolute atomic E-state index is 0.204. The number of esters is 2. The van der Waals surface area contributed by atoms with Crippen molar-refractivity contribution in [1.29, 1.82) is 0 Å². The summed E-state index contributed by atoms with van der Waals surface area (Å²) in [6, 6.07) is 31.3. The van der Waals surface area contributed by atoms with Gasteiger partial charge in [0.2, 0.25) is 0 Å². The second kappa shape index (κ2) is 15.2. The second-order valence-corrected chi connectivity index (χ2v) is 9.81. The first-order valence-corrected chi connectivity index (χ1v) is 14.1. The zero-order valence-electron chi connectivity index (χ0n) is 24.0. The molecule has 0 saturated carbocycles. The number of ether oxygens (including phenoxy) is 3. The summed E-state index contributed by atoms with van der Waals surface area (Å²) in [5, 5.41) is 0. The van der Waals surface area contributed by atoms with E-state index in [0.717, 1.165) is 70.0 Å². The second-order valence-electron chi connectivity index (χ2n) is 9.81. The summed E-state index contributed by atoms with van der Waals surface area (Å²) in [5.41, 5.74) is 8.68. The Morgan fingerprint density at radius 3 is 1.83 bits per heavy atom. The van der Waals surface area contributed by atoms with Gasteiger partial charge >= 0.3 is 11.9 Å². The number of carbonyl (C=O) groups excluding carboxylic acids is 2. The summed E-state index contributed by atoms with van der Waals surface area (Å²) < 4.78 is 16.2. The first-order valence-electron chi connectivity index (χ1n) is 14.1. The smallest absolute Gasteiger partial charge is 0.330 e. The van der Waals surface area contributed by atoms with Gasteiger partial charge in [0.1, 0.15) is 12.4 Å². The molecular weight excluding hydrogens is 524 g/mol. The molecule has 0 N–H and O–H groups in total. The van der Waals surface area contributed by atoms with Crippen LogP contribution >= 0.6 is 0 Å². The Kier molecular flexibility index (Phi) is 10.9. The molecule has 4 aromatic rings. The average Bonchev–Trinajstić information content (AvgIpc) is 3.05. The molecule has 0 spiro atoms. The molecule has 0 bridgehead atoms. The first kappa shape index (κ1) is 30.1. The quantitative estimate of drug-likeness (QED) is 0.0881. The maximum Gasteiger partial charge on any atom is 0.330 e. The molecule has 0 unspecified atom stereocenters. The van der Waals surface area contributed by atoms with Crippen LogP contribution in [0, 0.1) is 0 Å². The fourth-order valence-electron chi connectivity index (χ4n) is 4.53. The maximum atomic E-state index is 11.4. The number of hydrogen-bond acceptors (Lipinski definition) is 5. The number of carbonyl (C=O) groups is 2.